The first-order valence-electron chi connectivity index (χ1n) is 6.95. The zero-order valence-corrected chi connectivity index (χ0v) is 14.6. The van der Waals surface area contributed by atoms with Gasteiger partial charge in [-0.05, 0) is 24.6 Å². The lowest BCUT2D eigenvalue weighted by atomic mass is 10.3. The van der Waals surface area contributed by atoms with E-state index in [0.29, 0.717) is 37.9 Å². The topological polar surface area (TPSA) is 50.8 Å². The van der Waals surface area contributed by atoms with Gasteiger partial charge < -0.3 is 19.7 Å². The first-order valence-corrected chi connectivity index (χ1v) is 7.33. The molecule has 0 aliphatic rings. The largest absolute Gasteiger partial charge is 0.493 e. The van der Waals surface area contributed by atoms with E-state index < -0.39 is 0 Å². The standard InChI is InChI=1S/C15H23ClN2O3.ClH/c1-18(15(19)12-17-7-10-20-2)8-4-9-21-14-6-3-5-13(16)11-14;/h3,5-6,11,17H,4,7-10,12H2,1-2H3;1H. The van der Waals surface area contributed by atoms with E-state index in [-0.39, 0.29) is 18.3 Å². The molecular formula is C15H24Cl2N2O3. The minimum Gasteiger partial charge on any atom is -0.493 e. The van der Waals surface area contributed by atoms with Crippen LogP contribution in [0.2, 0.25) is 5.02 Å². The van der Waals surface area contributed by atoms with Crippen LogP contribution in [0, 0.1) is 0 Å². The SMILES string of the molecule is COCCNCC(=O)N(C)CCCOc1cccc(Cl)c1.Cl. The third kappa shape index (κ3) is 9.10. The molecular weight excluding hydrogens is 327 g/mol. The van der Waals surface area contributed by atoms with Crippen molar-refractivity contribution in [2.24, 2.45) is 0 Å². The number of halogens is 2. The van der Waals surface area contributed by atoms with Crippen molar-refractivity contribution in [3.8, 4) is 5.75 Å². The van der Waals surface area contributed by atoms with Crippen LogP contribution in [0.4, 0.5) is 0 Å². The molecule has 0 fully saturated rings. The molecule has 1 amide bonds. The summed E-state index contributed by atoms with van der Waals surface area (Å²) >= 11 is 5.87. The molecule has 1 rings (SSSR count). The molecule has 0 bridgehead atoms. The van der Waals surface area contributed by atoms with Crippen molar-refractivity contribution in [1.29, 1.82) is 0 Å². The minimum absolute atomic E-state index is 0. The number of hydrogen-bond donors (Lipinski definition) is 1. The fourth-order valence-corrected chi connectivity index (χ4v) is 1.86. The summed E-state index contributed by atoms with van der Waals surface area (Å²) in [5.41, 5.74) is 0. The Labute approximate surface area is 143 Å². The van der Waals surface area contributed by atoms with Crippen LogP contribution in [0.25, 0.3) is 0 Å². The van der Waals surface area contributed by atoms with E-state index in [1.165, 1.54) is 0 Å². The third-order valence-corrected chi connectivity index (χ3v) is 3.12. The number of amides is 1. The molecule has 0 aromatic heterocycles. The highest BCUT2D eigenvalue weighted by atomic mass is 35.5. The van der Waals surface area contributed by atoms with Crippen molar-refractivity contribution in [3.63, 3.8) is 0 Å². The van der Waals surface area contributed by atoms with Gasteiger partial charge in [-0.1, -0.05) is 17.7 Å². The van der Waals surface area contributed by atoms with E-state index in [2.05, 4.69) is 5.32 Å². The Balaban J connectivity index is 0.00000441. The van der Waals surface area contributed by atoms with Gasteiger partial charge in [0.05, 0.1) is 19.8 Å². The van der Waals surface area contributed by atoms with E-state index in [4.69, 9.17) is 21.1 Å². The van der Waals surface area contributed by atoms with Gasteiger partial charge in [-0.15, -0.1) is 12.4 Å². The van der Waals surface area contributed by atoms with Crippen LogP contribution in [0.1, 0.15) is 6.42 Å². The number of likely N-dealkylation sites (N-methyl/N-ethyl adjacent to an activating group) is 1. The molecule has 0 unspecified atom stereocenters. The Kier molecular flexibility index (Phi) is 12.0. The van der Waals surface area contributed by atoms with Crippen LogP contribution in [0.15, 0.2) is 24.3 Å². The van der Waals surface area contributed by atoms with Gasteiger partial charge in [-0.2, -0.15) is 0 Å². The zero-order valence-electron chi connectivity index (χ0n) is 13.0. The van der Waals surface area contributed by atoms with Crippen LogP contribution in [0.3, 0.4) is 0 Å². The average Bonchev–Trinajstić information content (AvgIpc) is 2.47. The maximum absolute atomic E-state index is 11.8. The van der Waals surface area contributed by atoms with Crippen LogP contribution in [0.5, 0.6) is 5.75 Å². The van der Waals surface area contributed by atoms with Gasteiger partial charge in [0.15, 0.2) is 0 Å². The van der Waals surface area contributed by atoms with E-state index >= 15 is 0 Å². The van der Waals surface area contributed by atoms with Gasteiger partial charge in [0, 0.05) is 32.3 Å². The molecule has 0 saturated heterocycles. The van der Waals surface area contributed by atoms with E-state index in [1.807, 2.05) is 12.1 Å². The average molecular weight is 351 g/mol. The summed E-state index contributed by atoms with van der Waals surface area (Å²) in [4.78, 5) is 13.5. The van der Waals surface area contributed by atoms with E-state index in [0.717, 1.165) is 12.2 Å². The number of methoxy groups -OCH3 is 1. The Bertz CT molecular complexity index is 433. The molecule has 0 aliphatic carbocycles. The first kappa shape index (κ1) is 21.0. The summed E-state index contributed by atoms with van der Waals surface area (Å²) in [6, 6.07) is 7.28. The zero-order chi connectivity index (χ0) is 15.5. The van der Waals surface area contributed by atoms with Crippen molar-refractivity contribution >= 4 is 29.9 Å². The molecule has 0 aliphatic heterocycles. The number of benzene rings is 1. The van der Waals surface area contributed by atoms with Gasteiger partial charge in [0.1, 0.15) is 5.75 Å². The van der Waals surface area contributed by atoms with Crippen molar-refractivity contribution in [2.45, 2.75) is 6.42 Å². The smallest absolute Gasteiger partial charge is 0.236 e. The Morgan fingerprint density at radius 3 is 2.82 bits per heavy atom. The van der Waals surface area contributed by atoms with Gasteiger partial charge >= 0.3 is 0 Å². The van der Waals surface area contributed by atoms with Crippen LogP contribution < -0.4 is 10.1 Å². The quantitative estimate of drug-likeness (QED) is 0.657. The van der Waals surface area contributed by atoms with E-state index in [9.17, 15) is 4.79 Å². The monoisotopic (exact) mass is 350 g/mol. The van der Waals surface area contributed by atoms with Crippen molar-refractivity contribution in [2.75, 3.05) is 47.0 Å². The summed E-state index contributed by atoms with van der Waals surface area (Å²) in [6.45, 7) is 2.81. The molecule has 7 heteroatoms. The third-order valence-electron chi connectivity index (χ3n) is 2.89. The molecule has 0 radical (unpaired) electrons. The molecule has 0 spiro atoms. The molecule has 1 aromatic rings. The van der Waals surface area contributed by atoms with Crippen molar-refractivity contribution in [3.05, 3.63) is 29.3 Å². The Morgan fingerprint density at radius 2 is 2.14 bits per heavy atom. The molecule has 5 nitrogen and oxygen atoms in total. The number of carbonyl (C=O) groups is 1. The van der Waals surface area contributed by atoms with E-state index in [1.54, 1.807) is 31.2 Å². The number of rotatable bonds is 10. The number of nitrogens with one attached hydrogen (secondary N) is 1. The lowest BCUT2D eigenvalue weighted by Crippen LogP contribution is -2.37. The molecule has 1 aromatic carbocycles. The lowest BCUT2D eigenvalue weighted by molar-refractivity contribution is -0.129. The van der Waals surface area contributed by atoms with Gasteiger partial charge in [-0.25, -0.2) is 0 Å². The summed E-state index contributed by atoms with van der Waals surface area (Å²) in [7, 11) is 3.43. The molecule has 126 valence electrons. The van der Waals surface area contributed by atoms with Crippen molar-refractivity contribution < 1.29 is 14.3 Å². The highest BCUT2D eigenvalue weighted by Gasteiger charge is 2.07. The molecule has 0 heterocycles. The molecule has 1 N–H and O–H groups in total. The second kappa shape index (κ2) is 12.5. The highest BCUT2D eigenvalue weighted by Crippen LogP contribution is 2.17. The van der Waals surface area contributed by atoms with Crippen molar-refractivity contribution in [1.82, 2.24) is 10.2 Å². The summed E-state index contributed by atoms with van der Waals surface area (Å²) in [5, 5.41) is 3.68. The van der Waals surface area contributed by atoms with Crippen LogP contribution in [-0.2, 0) is 9.53 Å². The van der Waals surface area contributed by atoms with Crippen LogP contribution >= 0.6 is 24.0 Å². The van der Waals surface area contributed by atoms with Gasteiger partial charge in [0.2, 0.25) is 5.91 Å². The lowest BCUT2D eigenvalue weighted by Gasteiger charge is -2.17. The number of nitrogens with zero attached hydrogens (tertiary/aromatic N) is 1. The highest BCUT2D eigenvalue weighted by molar-refractivity contribution is 6.30. The predicted octanol–water partition coefficient (Wildman–Crippen LogP) is 2.23. The number of hydrogen-bond acceptors (Lipinski definition) is 4. The fourth-order valence-electron chi connectivity index (χ4n) is 1.68. The number of ether oxygens (including phenoxy) is 2. The number of carbonyl (C=O) groups excluding carboxylic acids is 1. The van der Waals surface area contributed by atoms with Gasteiger partial charge in [-0.3, -0.25) is 4.79 Å². The van der Waals surface area contributed by atoms with Gasteiger partial charge in [0.25, 0.3) is 0 Å². The summed E-state index contributed by atoms with van der Waals surface area (Å²) < 4.78 is 10.5. The normalized spacial score (nSPS) is 9.95. The second-order valence-electron chi connectivity index (χ2n) is 4.64. The summed E-state index contributed by atoms with van der Waals surface area (Å²) in [5.74, 6) is 0.812. The molecule has 22 heavy (non-hydrogen) atoms. The fraction of sp³-hybridized carbons (Fsp3) is 0.533. The predicted molar refractivity (Wildman–Crippen MR) is 91.2 cm³/mol. The maximum atomic E-state index is 11.8. The Morgan fingerprint density at radius 1 is 1.36 bits per heavy atom. The Hall–Kier alpha value is -1.01. The minimum atomic E-state index is 0. The maximum Gasteiger partial charge on any atom is 0.236 e. The second-order valence-corrected chi connectivity index (χ2v) is 5.08. The summed E-state index contributed by atoms with van der Waals surface area (Å²) in [6.07, 6.45) is 0.771. The molecule has 0 atom stereocenters. The van der Waals surface area contributed by atoms with Crippen LogP contribution in [-0.4, -0.2) is 57.8 Å². The molecule has 0 saturated carbocycles. The first-order chi connectivity index (χ1) is 10.1.